The van der Waals surface area contributed by atoms with Crippen molar-refractivity contribution in [3.8, 4) is 0 Å². The molecule has 24 heavy (non-hydrogen) atoms. The number of morpholine rings is 1. The van der Waals surface area contributed by atoms with Crippen LogP contribution in [0.4, 0.5) is 5.69 Å². The van der Waals surface area contributed by atoms with Crippen LogP contribution in [0, 0.1) is 0 Å². The lowest BCUT2D eigenvalue weighted by atomic mass is 10.0. The van der Waals surface area contributed by atoms with Crippen molar-refractivity contribution in [2.75, 3.05) is 31.2 Å². The van der Waals surface area contributed by atoms with E-state index in [4.69, 9.17) is 14.7 Å². The van der Waals surface area contributed by atoms with Gasteiger partial charge in [0.05, 0.1) is 35.3 Å². The maximum absolute atomic E-state index is 5.51. The van der Waals surface area contributed by atoms with Crippen LogP contribution in [0.5, 0.6) is 0 Å². The molecule has 0 saturated carbocycles. The van der Waals surface area contributed by atoms with Crippen LogP contribution in [0.15, 0.2) is 54.6 Å². The second-order valence-electron chi connectivity index (χ2n) is 6.12. The first-order chi connectivity index (χ1) is 11.9. The molecule has 1 aliphatic heterocycles. The number of hydrogen-bond donors (Lipinski definition) is 0. The Morgan fingerprint density at radius 3 is 2.21 bits per heavy atom. The SMILES string of the molecule is c1ccc2nc3c(cc(N4CCOCC4)c4ccccc43)nc2c1. The summed E-state index contributed by atoms with van der Waals surface area (Å²) in [5.74, 6) is 0. The van der Waals surface area contributed by atoms with Crippen LogP contribution in [0.2, 0.25) is 0 Å². The summed E-state index contributed by atoms with van der Waals surface area (Å²) < 4.78 is 5.51. The highest BCUT2D eigenvalue weighted by Gasteiger charge is 2.17. The van der Waals surface area contributed by atoms with E-state index >= 15 is 0 Å². The van der Waals surface area contributed by atoms with E-state index in [9.17, 15) is 0 Å². The third-order valence-corrected chi connectivity index (χ3v) is 4.68. The number of benzene rings is 3. The van der Waals surface area contributed by atoms with Crippen LogP contribution < -0.4 is 4.90 Å². The average molecular weight is 315 g/mol. The molecule has 4 heteroatoms. The predicted octanol–water partition coefficient (Wildman–Crippen LogP) is 3.77. The Morgan fingerprint density at radius 1 is 0.750 bits per heavy atom. The minimum atomic E-state index is 0.774. The van der Waals surface area contributed by atoms with Gasteiger partial charge in [-0.05, 0) is 18.2 Å². The summed E-state index contributed by atoms with van der Waals surface area (Å²) in [5.41, 5.74) is 5.03. The first-order valence-electron chi connectivity index (χ1n) is 8.31. The average Bonchev–Trinajstić information content (AvgIpc) is 2.66. The molecule has 0 N–H and O–H groups in total. The summed E-state index contributed by atoms with van der Waals surface area (Å²) in [6.07, 6.45) is 0. The van der Waals surface area contributed by atoms with Crippen LogP contribution in [-0.2, 0) is 4.74 Å². The largest absolute Gasteiger partial charge is 0.378 e. The Morgan fingerprint density at radius 2 is 1.42 bits per heavy atom. The fraction of sp³-hybridized carbons (Fsp3) is 0.200. The van der Waals surface area contributed by atoms with Crippen molar-refractivity contribution >= 4 is 38.5 Å². The maximum atomic E-state index is 5.51. The van der Waals surface area contributed by atoms with Gasteiger partial charge in [-0.25, -0.2) is 9.97 Å². The second-order valence-corrected chi connectivity index (χ2v) is 6.12. The van der Waals surface area contributed by atoms with E-state index < -0.39 is 0 Å². The fourth-order valence-corrected chi connectivity index (χ4v) is 3.50. The van der Waals surface area contributed by atoms with Gasteiger partial charge >= 0.3 is 0 Å². The Labute approximate surface area is 139 Å². The Hall–Kier alpha value is -2.72. The number of aromatic nitrogens is 2. The first-order valence-corrected chi connectivity index (χ1v) is 8.31. The number of hydrogen-bond acceptors (Lipinski definition) is 4. The molecular formula is C20H17N3O. The predicted molar refractivity (Wildman–Crippen MR) is 97.6 cm³/mol. The Balaban J connectivity index is 1.86. The van der Waals surface area contributed by atoms with Crippen LogP contribution in [0.3, 0.4) is 0 Å². The molecular weight excluding hydrogens is 298 g/mol. The van der Waals surface area contributed by atoms with Crippen molar-refractivity contribution in [3.05, 3.63) is 54.6 Å². The molecule has 118 valence electrons. The van der Waals surface area contributed by atoms with Gasteiger partial charge in [0, 0.05) is 29.5 Å². The van der Waals surface area contributed by atoms with Crippen molar-refractivity contribution < 1.29 is 4.74 Å². The van der Waals surface area contributed by atoms with Crippen LogP contribution in [0.25, 0.3) is 32.8 Å². The highest BCUT2D eigenvalue weighted by molar-refractivity contribution is 6.11. The molecule has 5 rings (SSSR count). The van der Waals surface area contributed by atoms with Crippen molar-refractivity contribution in [1.29, 1.82) is 0 Å². The standard InChI is InChI=1S/C20H17N3O/c1-2-6-15-14(5-1)19(23-9-11-24-12-10-23)13-18-20(15)22-17-8-4-3-7-16(17)21-18/h1-8,13H,9-12H2. The number of fused-ring (bicyclic) bond motifs is 4. The van der Waals surface area contributed by atoms with Gasteiger partial charge in [0.15, 0.2) is 0 Å². The molecule has 0 bridgehead atoms. The van der Waals surface area contributed by atoms with Crippen molar-refractivity contribution in [2.24, 2.45) is 0 Å². The lowest BCUT2D eigenvalue weighted by Gasteiger charge is -2.30. The third-order valence-electron chi connectivity index (χ3n) is 4.68. The number of nitrogens with zero attached hydrogens (tertiary/aromatic N) is 3. The van der Waals surface area contributed by atoms with Gasteiger partial charge < -0.3 is 9.64 Å². The molecule has 1 aliphatic rings. The summed E-state index contributed by atoms with van der Waals surface area (Å²) in [6.45, 7) is 3.37. The van der Waals surface area contributed by atoms with E-state index in [2.05, 4.69) is 35.2 Å². The zero-order valence-corrected chi connectivity index (χ0v) is 13.3. The molecule has 0 amide bonds. The molecule has 0 unspecified atom stereocenters. The number of anilines is 1. The lowest BCUT2D eigenvalue weighted by Crippen LogP contribution is -2.36. The number of ether oxygens (including phenoxy) is 1. The molecule has 2 heterocycles. The number of rotatable bonds is 1. The maximum Gasteiger partial charge on any atom is 0.0974 e. The van der Waals surface area contributed by atoms with Gasteiger partial charge in [0.2, 0.25) is 0 Å². The number of para-hydroxylation sites is 2. The molecule has 1 aromatic heterocycles. The highest BCUT2D eigenvalue weighted by Crippen LogP contribution is 2.33. The Kier molecular flexibility index (Phi) is 3.10. The molecule has 4 nitrogen and oxygen atoms in total. The zero-order valence-electron chi connectivity index (χ0n) is 13.3. The van der Waals surface area contributed by atoms with Crippen molar-refractivity contribution in [2.45, 2.75) is 0 Å². The minimum absolute atomic E-state index is 0.774. The normalized spacial score (nSPS) is 15.4. The van der Waals surface area contributed by atoms with Crippen LogP contribution >= 0.6 is 0 Å². The van der Waals surface area contributed by atoms with Crippen LogP contribution in [0.1, 0.15) is 0 Å². The van der Waals surface area contributed by atoms with E-state index in [1.807, 2.05) is 24.3 Å². The van der Waals surface area contributed by atoms with E-state index in [0.717, 1.165) is 53.8 Å². The molecule has 1 saturated heterocycles. The summed E-state index contributed by atoms with van der Waals surface area (Å²) in [7, 11) is 0. The van der Waals surface area contributed by atoms with Gasteiger partial charge in [-0.3, -0.25) is 0 Å². The molecule has 0 radical (unpaired) electrons. The quantitative estimate of drug-likeness (QED) is 0.396. The molecule has 3 aromatic carbocycles. The zero-order chi connectivity index (χ0) is 15.9. The topological polar surface area (TPSA) is 38.2 Å². The van der Waals surface area contributed by atoms with E-state index in [0.29, 0.717) is 0 Å². The molecule has 0 spiro atoms. The van der Waals surface area contributed by atoms with Crippen molar-refractivity contribution in [3.63, 3.8) is 0 Å². The fourth-order valence-electron chi connectivity index (χ4n) is 3.50. The Bertz CT molecular complexity index is 1050. The second kappa shape index (κ2) is 5.42. The highest BCUT2D eigenvalue weighted by atomic mass is 16.5. The van der Waals surface area contributed by atoms with Gasteiger partial charge in [-0.1, -0.05) is 36.4 Å². The summed E-state index contributed by atoms with van der Waals surface area (Å²) in [5, 5.41) is 2.39. The molecule has 1 fully saturated rings. The monoisotopic (exact) mass is 315 g/mol. The summed E-state index contributed by atoms with van der Waals surface area (Å²) in [4.78, 5) is 12.1. The van der Waals surface area contributed by atoms with Gasteiger partial charge in [0.1, 0.15) is 0 Å². The van der Waals surface area contributed by atoms with E-state index in [-0.39, 0.29) is 0 Å². The lowest BCUT2D eigenvalue weighted by molar-refractivity contribution is 0.123. The smallest absolute Gasteiger partial charge is 0.0974 e. The first kappa shape index (κ1) is 13.7. The third kappa shape index (κ3) is 2.11. The summed E-state index contributed by atoms with van der Waals surface area (Å²) in [6, 6.07) is 18.7. The molecule has 0 atom stereocenters. The van der Waals surface area contributed by atoms with Crippen LogP contribution in [-0.4, -0.2) is 36.3 Å². The van der Waals surface area contributed by atoms with Gasteiger partial charge in [0.25, 0.3) is 0 Å². The minimum Gasteiger partial charge on any atom is -0.378 e. The van der Waals surface area contributed by atoms with Crippen molar-refractivity contribution in [1.82, 2.24) is 9.97 Å². The summed E-state index contributed by atoms with van der Waals surface area (Å²) >= 11 is 0. The van der Waals surface area contributed by atoms with E-state index in [1.54, 1.807) is 0 Å². The molecule has 4 aromatic rings. The molecule has 0 aliphatic carbocycles. The van der Waals surface area contributed by atoms with E-state index in [1.165, 1.54) is 11.1 Å². The van der Waals surface area contributed by atoms with Gasteiger partial charge in [-0.15, -0.1) is 0 Å². The van der Waals surface area contributed by atoms with Gasteiger partial charge in [-0.2, -0.15) is 0 Å².